The smallest absolute Gasteiger partial charge is 0.386 e. The van der Waals surface area contributed by atoms with E-state index in [1.165, 1.54) is 11.7 Å². The molecule has 1 aliphatic heterocycles. The van der Waals surface area contributed by atoms with Gasteiger partial charge < -0.3 is 9.30 Å². The predicted molar refractivity (Wildman–Crippen MR) is 133 cm³/mol. The van der Waals surface area contributed by atoms with E-state index in [0.29, 0.717) is 63.2 Å². The monoisotopic (exact) mass is 510 g/mol. The normalized spacial score (nSPS) is 16.5. The second kappa shape index (κ2) is 9.24. The zero-order valence-electron chi connectivity index (χ0n) is 19.2. The molecule has 1 saturated heterocycles. The van der Waals surface area contributed by atoms with Gasteiger partial charge in [0, 0.05) is 25.2 Å². The molecule has 4 heterocycles. The van der Waals surface area contributed by atoms with Crippen molar-refractivity contribution in [3.05, 3.63) is 58.4 Å². The average molecular weight is 511 g/mol. The van der Waals surface area contributed by atoms with Gasteiger partial charge in [0.25, 0.3) is 0 Å². The fourth-order valence-corrected chi connectivity index (χ4v) is 4.65. The number of methoxy groups -OCH3 is 1. The third-order valence-electron chi connectivity index (χ3n) is 6.03. The number of carbonyl (C=O) groups excluding carboxylic acids is 1. The molecular weight excluding hydrogens is 489 g/mol. The van der Waals surface area contributed by atoms with Crippen molar-refractivity contribution >= 4 is 52.7 Å². The van der Waals surface area contributed by atoms with Crippen LogP contribution in [0.1, 0.15) is 12.8 Å². The third kappa shape index (κ3) is 4.33. The van der Waals surface area contributed by atoms with Gasteiger partial charge in [-0.3, -0.25) is 9.67 Å². The van der Waals surface area contributed by atoms with E-state index in [2.05, 4.69) is 16.8 Å². The molecule has 1 unspecified atom stereocenters. The fraction of sp³-hybridized carbons (Fsp3) is 0.250. The first kappa shape index (κ1) is 23.2. The predicted octanol–water partition coefficient (Wildman–Crippen LogP) is 3.78. The summed E-state index contributed by atoms with van der Waals surface area (Å²) in [6.07, 6.45) is 6.45. The number of hydrogen-bond donors (Lipinski definition) is 0. The topological polar surface area (TPSA) is 90.2 Å². The van der Waals surface area contributed by atoms with E-state index in [0.717, 1.165) is 5.56 Å². The molecule has 11 heteroatoms. The number of fused-ring (bicyclic) bond motifs is 1. The second-order valence-corrected chi connectivity index (χ2v) is 9.03. The van der Waals surface area contributed by atoms with Crippen LogP contribution in [0.3, 0.4) is 0 Å². The number of aromatic nitrogens is 5. The van der Waals surface area contributed by atoms with Crippen LogP contribution in [0.15, 0.2) is 47.8 Å². The van der Waals surface area contributed by atoms with Crippen molar-refractivity contribution in [3.8, 4) is 17.0 Å². The van der Waals surface area contributed by atoms with Crippen LogP contribution in [-0.4, -0.2) is 54.7 Å². The Morgan fingerprint density at radius 1 is 1.26 bits per heavy atom. The minimum atomic E-state index is -0.118. The summed E-state index contributed by atoms with van der Waals surface area (Å²) >= 11 is 13.0. The van der Waals surface area contributed by atoms with Gasteiger partial charge in [-0.1, -0.05) is 23.2 Å². The Hall–Kier alpha value is -3.56. The summed E-state index contributed by atoms with van der Waals surface area (Å²) in [5, 5.41) is 4.92. The highest BCUT2D eigenvalue weighted by atomic mass is 35.5. The van der Waals surface area contributed by atoms with E-state index in [9.17, 15) is 4.79 Å². The van der Waals surface area contributed by atoms with E-state index >= 15 is 0 Å². The molecule has 0 spiro atoms. The molecule has 0 radical (unpaired) electrons. The highest BCUT2D eigenvalue weighted by Crippen LogP contribution is 2.39. The first-order valence-corrected chi connectivity index (χ1v) is 11.7. The number of aryl methyl sites for hydroxylation is 1. The number of benzene rings is 1. The first-order valence-electron chi connectivity index (χ1n) is 10.9. The SMILES string of the molecule is C=[N+]1C(=O)CCC1Cn1c(=Nc2c(Cl)ccc(OC)c2Cl)ccc2ncc(-c3cnn(C)c3)nc21. The van der Waals surface area contributed by atoms with Gasteiger partial charge in [-0.05, 0) is 24.3 Å². The molecule has 1 aliphatic rings. The van der Waals surface area contributed by atoms with Gasteiger partial charge >= 0.3 is 5.91 Å². The number of hydrogen-bond acceptors (Lipinski definition) is 6. The van der Waals surface area contributed by atoms with Crippen LogP contribution in [0.25, 0.3) is 22.4 Å². The van der Waals surface area contributed by atoms with Crippen LogP contribution in [0.5, 0.6) is 5.75 Å². The summed E-state index contributed by atoms with van der Waals surface area (Å²) in [4.78, 5) is 26.5. The van der Waals surface area contributed by atoms with Gasteiger partial charge in [0.2, 0.25) is 0 Å². The van der Waals surface area contributed by atoms with Crippen molar-refractivity contribution in [2.75, 3.05) is 7.11 Å². The molecule has 1 aromatic carbocycles. The van der Waals surface area contributed by atoms with Crippen molar-refractivity contribution in [1.29, 1.82) is 0 Å². The van der Waals surface area contributed by atoms with Crippen molar-refractivity contribution in [2.24, 2.45) is 12.0 Å². The Labute approximate surface area is 210 Å². The molecule has 35 heavy (non-hydrogen) atoms. The maximum absolute atomic E-state index is 12.2. The third-order valence-corrected chi connectivity index (χ3v) is 6.70. The molecule has 0 bridgehead atoms. The Morgan fingerprint density at radius 2 is 2.09 bits per heavy atom. The molecule has 5 rings (SSSR count). The Balaban J connectivity index is 1.75. The number of pyridine rings is 1. The highest BCUT2D eigenvalue weighted by Gasteiger charge is 2.35. The minimum Gasteiger partial charge on any atom is -0.495 e. The molecule has 0 N–H and O–H groups in total. The Bertz CT molecular complexity index is 1560. The van der Waals surface area contributed by atoms with Crippen molar-refractivity contribution in [1.82, 2.24) is 24.3 Å². The number of amides is 1. The van der Waals surface area contributed by atoms with Crippen LogP contribution in [-0.2, 0) is 18.4 Å². The fourth-order valence-electron chi connectivity index (χ4n) is 4.12. The summed E-state index contributed by atoms with van der Waals surface area (Å²) in [6.45, 7) is 4.37. The Kier molecular flexibility index (Phi) is 6.12. The summed E-state index contributed by atoms with van der Waals surface area (Å²) in [6, 6.07) is 6.93. The van der Waals surface area contributed by atoms with Crippen LogP contribution in [0, 0.1) is 0 Å². The van der Waals surface area contributed by atoms with Gasteiger partial charge in [0.1, 0.15) is 34.2 Å². The van der Waals surface area contributed by atoms with Gasteiger partial charge in [0.15, 0.2) is 11.7 Å². The van der Waals surface area contributed by atoms with E-state index in [4.69, 9.17) is 37.9 Å². The molecule has 1 fully saturated rings. The number of carbonyl (C=O) groups is 1. The van der Waals surface area contributed by atoms with E-state index in [-0.39, 0.29) is 11.9 Å². The molecule has 0 aliphatic carbocycles. The molecule has 4 aromatic rings. The first-order chi connectivity index (χ1) is 16.9. The zero-order valence-corrected chi connectivity index (χ0v) is 20.7. The van der Waals surface area contributed by atoms with Crippen LogP contribution < -0.4 is 10.2 Å². The van der Waals surface area contributed by atoms with Gasteiger partial charge in [-0.2, -0.15) is 9.67 Å². The average Bonchev–Trinajstić information content (AvgIpc) is 3.43. The minimum absolute atomic E-state index is 0.00958. The number of halogens is 2. The van der Waals surface area contributed by atoms with Crippen LogP contribution in [0.2, 0.25) is 10.0 Å². The largest absolute Gasteiger partial charge is 0.495 e. The lowest BCUT2D eigenvalue weighted by Gasteiger charge is -2.14. The summed E-state index contributed by atoms with van der Waals surface area (Å²) in [5.74, 6) is 0.474. The number of rotatable bonds is 5. The van der Waals surface area contributed by atoms with Gasteiger partial charge in [-0.25, -0.2) is 14.8 Å². The summed E-state index contributed by atoms with van der Waals surface area (Å²) in [7, 11) is 3.38. The summed E-state index contributed by atoms with van der Waals surface area (Å²) in [5.41, 5.74) is 3.73. The number of nitrogens with zero attached hydrogens (tertiary/aromatic N) is 7. The molecule has 0 saturated carbocycles. The Morgan fingerprint density at radius 3 is 2.77 bits per heavy atom. The second-order valence-electron chi connectivity index (χ2n) is 8.25. The highest BCUT2D eigenvalue weighted by molar-refractivity contribution is 6.39. The molecule has 1 atom stereocenters. The molecule has 1 amide bonds. The lowest BCUT2D eigenvalue weighted by molar-refractivity contribution is -0.466. The van der Waals surface area contributed by atoms with Crippen molar-refractivity contribution < 1.29 is 14.1 Å². The zero-order chi connectivity index (χ0) is 24.7. The van der Waals surface area contributed by atoms with E-state index < -0.39 is 0 Å². The number of ether oxygens (including phenoxy) is 1. The van der Waals surface area contributed by atoms with Gasteiger partial charge in [-0.15, -0.1) is 0 Å². The maximum Gasteiger partial charge on any atom is 0.386 e. The van der Waals surface area contributed by atoms with Gasteiger partial charge in [0.05, 0.1) is 43.2 Å². The van der Waals surface area contributed by atoms with Crippen LogP contribution in [0.4, 0.5) is 5.69 Å². The standard InChI is InChI=1S/C24H22Cl2N7O2/c1-31-12-14(10-28-31)18-11-27-17-6-8-20(30-23-16(25)5-7-19(35-3)22(23)26)33(24(17)29-18)13-15-4-9-21(34)32(15)2/h5-8,10-12,15H,2,4,9,13H2,1,3H3/q+1. The molecular formula is C24H22Cl2N7O2+. The van der Waals surface area contributed by atoms with E-state index in [1.54, 1.807) is 29.2 Å². The summed E-state index contributed by atoms with van der Waals surface area (Å²) < 4.78 is 10.5. The molecule has 9 nitrogen and oxygen atoms in total. The van der Waals surface area contributed by atoms with E-state index in [1.807, 2.05) is 29.9 Å². The maximum atomic E-state index is 12.2. The lowest BCUT2D eigenvalue weighted by Crippen LogP contribution is -2.32. The van der Waals surface area contributed by atoms with Crippen molar-refractivity contribution in [2.45, 2.75) is 25.4 Å². The van der Waals surface area contributed by atoms with Crippen molar-refractivity contribution in [3.63, 3.8) is 0 Å². The quantitative estimate of drug-likeness (QED) is 0.381. The molecule has 3 aromatic heterocycles. The lowest BCUT2D eigenvalue weighted by atomic mass is 10.2. The molecule has 178 valence electrons. The van der Waals surface area contributed by atoms with Crippen LogP contribution >= 0.6 is 23.2 Å².